The minimum absolute atomic E-state index is 0.0711. The maximum absolute atomic E-state index is 13.3. The van der Waals surface area contributed by atoms with Gasteiger partial charge in [0.2, 0.25) is 0 Å². The van der Waals surface area contributed by atoms with Crippen molar-refractivity contribution in [3.63, 3.8) is 0 Å². The van der Waals surface area contributed by atoms with Crippen molar-refractivity contribution in [1.82, 2.24) is 4.57 Å². The Morgan fingerprint density at radius 1 is 1.04 bits per heavy atom. The highest BCUT2D eigenvalue weighted by Crippen LogP contribution is 2.33. The monoisotopic (exact) mass is 409 g/mol. The molecule has 0 saturated carbocycles. The molecule has 1 unspecified atom stereocenters. The van der Waals surface area contributed by atoms with Crippen molar-refractivity contribution in [2.75, 3.05) is 0 Å². The van der Waals surface area contributed by atoms with Crippen LogP contribution in [0.15, 0.2) is 54.6 Å². The zero-order chi connectivity index (χ0) is 20.7. The molecule has 148 valence electrons. The summed E-state index contributed by atoms with van der Waals surface area (Å²) in [6, 6.07) is 14.2. The molecule has 0 aliphatic heterocycles. The minimum atomic E-state index is -5.72. The Bertz CT molecular complexity index is 1130. The van der Waals surface area contributed by atoms with Crippen LogP contribution in [0.25, 0.3) is 10.9 Å². The van der Waals surface area contributed by atoms with Crippen molar-refractivity contribution < 1.29 is 26.4 Å². The highest BCUT2D eigenvalue weighted by Gasteiger charge is 2.53. The van der Waals surface area contributed by atoms with E-state index < -0.39 is 32.8 Å². The molecule has 0 fully saturated rings. The first-order chi connectivity index (χ1) is 13.1. The van der Waals surface area contributed by atoms with Gasteiger partial charge in [-0.2, -0.15) is 13.2 Å². The van der Waals surface area contributed by atoms with Crippen LogP contribution in [-0.4, -0.2) is 29.5 Å². The number of carbonyl (C=O) groups is 1. The van der Waals surface area contributed by atoms with Crippen LogP contribution >= 0.6 is 0 Å². The molecule has 2 aromatic carbocycles. The molecule has 0 saturated heterocycles. The van der Waals surface area contributed by atoms with E-state index in [1.165, 1.54) is 24.3 Å². The number of hydrogen-bond donors (Lipinski definition) is 0. The molecule has 1 heterocycles. The summed E-state index contributed by atoms with van der Waals surface area (Å²) < 4.78 is 66.3. The zero-order valence-corrected chi connectivity index (χ0v) is 16.0. The van der Waals surface area contributed by atoms with E-state index in [0.29, 0.717) is 16.6 Å². The quantitative estimate of drug-likeness (QED) is 0.593. The van der Waals surface area contributed by atoms with E-state index in [1.54, 1.807) is 48.9 Å². The van der Waals surface area contributed by atoms with Crippen molar-refractivity contribution in [2.24, 2.45) is 7.05 Å². The fourth-order valence-electron chi connectivity index (χ4n) is 3.34. The molecule has 1 atom stereocenters. The Morgan fingerprint density at radius 2 is 1.61 bits per heavy atom. The second-order valence-electron chi connectivity index (χ2n) is 6.55. The first kappa shape index (κ1) is 20.1. The third-order valence-electron chi connectivity index (χ3n) is 4.97. The summed E-state index contributed by atoms with van der Waals surface area (Å²) in [5, 5.41) is -1.62. The van der Waals surface area contributed by atoms with Gasteiger partial charge in [0.1, 0.15) is 5.25 Å². The van der Waals surface area contributed by atoms with Gasteiger partial charge in [0.05, 0.1) is 0 Å². The zero-order valence-electron chi connectivity index (χ0n) is 15.2. The molecular formula is C20H18F3NO3S. The molecular weight excluding hydrogens is 391 g/mol. The predicted octanol–water partition coefficient (Wildman–Crippen LogP) is 4.22. The molecule has 4 nitrogen and oxygen atoms in total. The standard InChI is InChI=1S/C20H18F3NO3S/c1-13-16(15-10-6-7-11-17(15)24(13)2)12-18(28(26,27)20(21,22)23)19(25)14-8-4-3-5-9-14/h3-11,18H,12H2,1-2H3. The normalized spacial score (nSPS) is 13.6. The molecule has 28 heavy (non-hydrogen) atoms. The number of sulfone groups is 1. The first-order valence-electron chi connectivity index (χ1n) is 8.48. The number of carbonyl (C=O) groups excluding carboxylic acids is 1. The van der Waals surface area contributed by atoms with Crippen LogP contribution in [0.1, 0.15) is 21.6 Å². The van der Waals surface area contributed by atoms with Gasteiger partial charge in [-0.15, -0.1) is 0 Å². The van der Waals surface area contributed by atoms with Crippen LogP contribution in [0.4, 0.5) is 13.2 Å². The number of nitrogens with zero attached hydrogens (tertiary/aromatic N) is 1. The third kappa shape index (κ3) is 3.32. The second kappa shape index (κ2) is 7.09. The average Bonchev–Trinajstić information content (AvgIpc) is 2.90. The van der Waals surface area contributed by atoms with Crippen molar-refractivity contribution >= 4 is 26.5 Å². The number of aromatic nitrogens is 1. The lowest BCUT2D eigenvalue weighted by atomic mass is 10.0. The molecule has 0 aliphatic rings. The Morgan fingerprint density at radius 3 is 2.21 bits per heavy atom. The molecule has 1 aromatic heterocycles. The molecule has 0 aliphatic carbocycles. The van der Waals surface area contributed by atoms with Crippen LogP contribution in [0.3, 0.4) is 0 Å². The fourth-order valence-corrected chi connectivity index (χ4v) is 4.46. The van der Waals surface area contributed by atoms with Crippen molar-refractivity contribution in [1.29, 1.82) is 0 Å². The number of rotatable bonds is 5. The SMILES string of the molecule is Cc1c(CC(C(=O)c2ccccc2)S(=O)(=O)C(F)(F)F)c2ccccc2n1C. The van der Waals surface area contributed by atoms with E-state index in [2.05, 4.69) is 0 Å². The molecule has 0 bridgehead atoms. The lowest BCUT2D eigenvalue weighted by Crippen LogP contribution is -2.41. The number of hydrogen-bond acceptors (Lipinski definition) is 3. The Balaban J connectivity index is 2.17. The predicted molar refractivity (Wildman–Crippen MR) is 101 cm³/mol. The molecule has 0 amide bonds. The molecule has 0 radical (unpaired) electrons. The van der Waals surface area contributed by atoms with E-state index in [-0.39, 0.29) is 5.56 Å². The van der Waals surface area contributed by atoms with Gasteiger partial charge in [0.25, 0.3) is 9.84 Å². The van der Waals surface area contributed by atoms with Crippen LogP contribution in [-0.2, 0) is 23.3 Å². The molecule has 8 heteroatoms. The molecule has 3 aromatic rings. The van der Waals surface area contributed by atoms with Gasteiger partial charge in [0.15, 0.2) is 5.78 Å². The number of benzene rings is 2. The lowest BCUT2D eigenvalue weighted by molar-refractivity contribution is -0.0443. The average molecular weight is 409 g/mol. The molecule has 0 spiro atoms. The van der Waals surface area contributed by atoms with Gasteiger partial charge < -0.3 is 4.57 Å². The van der Waals surface area contributed by atoms with E-state index in [9.17, 15) is 26.4 Å². The summed E-state index contributed by atoms with van der Waals surface area (Å²) in [5.74, 6) is -1.06. The number of Topliss-reactive ketones (excluding diaryl/α,β-unsaturated/α-hetero) is 1. The topological polar surface area (TPSA) is 56.1 Å². The summed E-state index contributed by atoms with van der Waals surface area (Å²) in [6.07, 6.45) is -0.553. The number of halogens is 3. The van der Waals surface area contributed by atoms with Gasteiger partial charge in [-0.05, 0) is 25.0 Å². The van der Waals surface area contributed by atoms with Crippen LogP contribution in [0.5, 0.6) is 0 Å². The molecule has 3 rings (SSSR count). The Labute approximate surface area is 160 Å². The minimum Gasteiger partial charge on any atom is -0.348 e. The maximum atomic E-state index is 13.3. The Hall–Kier alpha value is -2.61. The number of ketones is 1. The largest absolute Gasteiger partial charge is 0.498 e. The summed E-state index contributed by atoms with van der Waals surface area (Å²) >= 11 is 0. The summed E-state index contributed by atoms with van der Waals surface area (Å²) in [7, 11) is -3.98. The lowest BCUT2D eigenvalue weighted by Gasteiger charge is -2.19. The van der Waals surface area contributed by atoms with Gasteiger partial charge >= 0.3 is 5.51 Å². The first-order valence-corrected chi connectivity index (χ1v) is 10.0. The van der Waals surface area contributed by atoms with Gasteiger partial charge in [-0.25, -0.2) is 8.42 Å². The smallest absolute Gasteiger partial charge is 0.348 e. The van der Waals surface area contributed by atoms with Gasteiger partial charge in [0, 0.05) is 29.2 Å². The summed E-state index contributed by atoms with van der Waals surface area (Å²) in [6.45, 7) is 1.69. The second-order valence-corrected chi connectivity index (χ2v) is 8.68. The van der Waals surface area contributed by atoms with Crippen LogP contribution < -0.4 is 0 Å². The Kier molecular flexibility index (Phi) is 5.10. The highest BCUT2D eigenvalue weighted by molar-refractivity contribution is 7.93. The van der Waals surface area contributed by atoms with Crippen molar-refractivity contribution in [3.05, 3.63) is 71.4 Å². The number of fused-ring (bicyclic) bond motifs is 1. The van der Waals surface area contributed by atoms with Crippen molar-refractivity contribution in [3.8, 4) is 0 Å². The fraction of sp³-hybridized carbons (Fsp3) is 0.250. The third-order valence-corrected chi connectivity index (χ3v) is 6.74. The van der Waals surface area contributed by atoms with Gasteiger partial charge in [-0.1, -0.05) is 48.5 Å². The van der Waals surface area contributed by atoms with Crippen LogP contribution in [0, 0.1) is 6.92 Å². The molecule has 0 N–H and O–H groups in total. The van der Waals surface area contributed by atoms with E-state index in [0.717, 1.165) is 5.52 Å². The number of para-hydroxylation sites is 1. The summed E-state index contributed by atoms with van der Waals surface area (Å²) in [5.41, 5.74) is -3.81. The van der Waals surface area contributed by atoms with E-state index in [4.69, 9.17) is 0 Å². The summed E-state index contributed by atoms with van der Waals surface area (Å²) in [4.78, 5) is 12.8. The van der Waals surface area contributed by atoms with E-state index in [1.807, 2.05) is 0 Å². The van der Waals surface area contributed by atoms with Gasteiger partial charge in [-0.3, -0.25) is 4.79 Å². The van der Waals surface area contributed by atoms with Crippen LogP contribution in [0.2, 0.25) is 0 Å². The highest BCUT2D eigenvalue weighted by atomic mass is 32.2. The van der Waals surface area contributed by atoms with Crippen molar-refractivity contribution in [2.45, 2.75) is 24.1 Å². The van der Waals surface area contributed by atoms with E-state index >= 15 is 0 Å². The number of aryl methyl sites for hydroxylation is 1. The maximum Gasteiger partial charge on any atom is 0.498 e. The number of alkyl halides is 3.